The Morgan fingerprint density at radius 2 is 2.00 bits per heavy atom. The highest BCUT2D eigenvalue weighted by Crippen LogP contribution is 2.38. The van der Waals surface area contributed by atoms with Crippen molar-refractivity contribution >= 4 is 33.9 Å². The van der Waals surface area contributed by atoms with Crippen LogP contribution in [-0.2, 0) is 11.1 Å². The molecule has 0 aromatic heterocycles. The van der Waals surface area contributed by atoms with Crippen molar-refractivity contribution < 1.29 is 13.2 Å². The molecule has 0 radical (unpaired) electrons. The van der Waals surface area contributed by atoms with Crippen LogP contribution in [0.4, 0.5) is 10.1 Å². The third kappa shape index (κ3) is 4.91. The van der Waals surface area contributed by atoms with Crippen molar-refractivity contribution in [2.75, 3.05) is 11.9 Å². The largest absolute Gasteiger partial charge is 0.381 e. The van der Waals surface area contributed by atoms with E-state index in [1.807, 2.05) is 19.9 Å². The summed E-state index contributed by atoms with van der Waals surface area (Å²) in [6.45, 7) is 14.8. The van der Waals surface area contributed by atoms with Crippen molar-refractivity contribution in [1.82, 2.24) is 0 Å². The predicted molar refractivity (Wildman–Crippen MR) is 103 cm³/mol. The topological polar surface area (TPSA) is 49.3 Å². The average Bonchev–Trinajstić information content (AvgIpc) is 2.52. The molecule has 0 amide bonds. The monoisotopic (exact) mass is 373 g/mol. The number of rotatable bonds is 8. The lowest BCUT2D eigenvalue weighted by Gasteiger charge is -2.24. The molecule has 0 saturated heterocycles. The molecule has 6 heteroatoms. The molecule has 1 aromatic rings. The number of benzene rings is 1. The molecular weight excluding hydrogens is 349 g/mol. The van der Waals surface area contributed by atoms with Gasteiger partial charge in [0.1, 0.15) is 6.17 Å². The Balaban J connectivity index is 3.22. The molecule has 2 N–H and O–H groups in total. The van der Waals surface area contributed by atoms with Gasteiger partial charge in [0, 0.05) is 17.8 Å². The van der Waals surface area contributed by atoms with Gasteiger partial charge in [0.15, 0.2) is 11.1 Å². The molecule has 134 valence electrons. The fraction of sp³-hybridized carbons (Fsp3) is 0.444. The lowest BCUT2D eigenvalue weighted by atomic mass is 9.90. The van der Waals surface area contributed by atoms with Crippen LogP contribution >= 0.6 is 11.6 Å². The Labute approximate surface area is 151 Å². The van der Waals surface area contributed by atoms with Gasteiger partial charge in [-0.3, -0.25) is 0 Å². The number of halogens is 2. The zero-order valence-corrected chi connectivity index (χ0v) is 16.1. The van der Waals surface area contributed by atoms with Gasteiger partial charge in [-0.05, 0) is 49.5 Å². The predicted octanol–water partition coefficient (Wildman–Crippen LogP) is 5.23. The number of aryl methyl sites for hydroxylation is 1. The SMILES string of the molecule is C=C(C)C(F)CNc1c(C)ccc(Cl)c1C(=C)C(C)C(C)S(=O)O. The van der Waals surface area contributed by atoms with E-state index in [4.69, 9.17) is 11.6 Å². The minimum absolute atomic E-state index is 0.0761. The van der Waals surface area contributed by atoms with E-state index in [9.17, 15) is 13.2 Å². The Kier molecular flexibility index (Phi) is 7.64. The summed E-state index contributed by atoms with van der Waals surface area (Å²) >= 11 is 4.39. The molecule has 0 fully saturated rings. The lowest BCUT2D eigenvalue weighted by molar-refractivity contribution is 0.399. The van der Waals surface area contributed by atoms with E-state index in [2.05, 4.69) is 18.5 Å². The first-order valence-electron chi connectivity index (χ1n) is 7.69. The second-order valence-electron chi connectivity index (χ2n) is 6.10. The second-order valence-corrected chi connectivity index (χ2v) is 7.81. The van der Waals surface area contributed by atoms with E-state index in [1.54, 1.807) is 19.9 Å². The summed E-state index contributed by atoms with van der Waals surface area (Å²) in [5.74, 6) is -0.266. The number of hydrogen-bond acceptors (Lipinski definition) is 2. The van der Waals surface area contributed by atoms with E-state index in [-0.39, 0.29) is 12.5 Å². The number of allylic oxidation sites excluding steroid dienone is 1. The summed E-state index contributed by atoms with van der Waals surface area (Å²) in [7, 11) is 0. The first-order valence-corrected chi connectivity index (χ1v) is 9.23. The molecule has 1 aromatic carbocycles. The van der Waals surface area contributed by atoms with Crippen molar-refractivity contribution in [3.05, 3.63) is 47.0 Å². The van der Waals surface area contributed by atoms with Gasteiger partial charge < -0.3 is 9.87 Å². The highest BCUT2D eigenvalue weighted by Gasteiger charge is 2.25. The summed E-state index contributed by atoms with van der Waals surface area (Å²) in [6, 6.07) is 3.59. The standard InChI is InChI=1S/C18H25ClFNO2S/c1-10(2)16(20)9-21-18-11(3)7-8-15(19)17(18)13(5)12(4)14(6)24(22)23/h7-8,12,14,16,21H,1,5,9H2,2-4,6H3,(H,22,23). The molecule has 0 aliphatic heterocycles. The van der Waals surface area contributed by atoms with Crippen LogP contribution in [0, 0.1) is 12.8 Å². The van der Waals surface area contributed by atoms with Crippen molar-refractivity contribution in [3.63, 3.8) is 0 Å². The van der Waals surface area contributed by atoms with Gasteiger partial charge in [0.2, 0.25) is 0 Å². The maximum atomic E-state index is 13.9. The summed E-state index contributed by atoms with van der Waals surface area (Å²) in [5, 5.41) is 3.07. The molecule has 0 aliphatic carbocycles. The smallest absolute Gasteiger partial charge is 0.156 e. The van der Waals surface area contributed by atoms with E-state index < -0.39 is 22.5 Å². The van der Waals surface area contributed by atoms with Gasteiger partial charge in [-0.2, -0.15) is 0 Å². The zero-order chi connectivity index (χ0) is 18.6. The maximum Gasteiger partial charge on any atom is 0.156 e. The van der Waals surface area contributed by atoms with Gasteiger partial charge in [0.05, 0.1) is 10.3 Å². The van der Waals surface area contributed by atoms with Gasteiger partial charge in [-0.15, -0.1) is 0 Å². The van der Waals surface area contributed by atoms with E-state index >= 15 is 0 Å². The van der Waals surface area contributed by atoms with E-state index in [0.29, 0.717) is 27.4 Å². The zero-order valence-electron chi connectivity index (χ0n) is 14.5. The molecule has 0 saturated carbocycles. The Morgan fingerprint density at radius 1 is 1.42 bits per heavy atom. The van der Waals surface area contributed by atoms with Crippen LogP contribution in [0.1, 0.15) is 31.9 Å². The molecular formula is C18H25ClFNO2S. The Bertz CT molecular complexity index is 663. The van der Waals surface area contributed by atoms with Crippen molar-refractivity contribution in [2.45, 2.75) is 39.1 Å². The Morgan fingerprint density at radius 3 is 2.50 bits per heavy atom. The third-order valence-electron chi connectivity index (χ3n) is 4.25. The molecule has 0 aliphatic rings. The van der Waals surface area contributed by atoms with Crippen LogP contribution in [0.25, 0.3) is 5.57 Å². The highest BCUT2D eigenvalue weighted by molar-refractivity contribution is 7.79. The molecule has 0 bridgehead atoms. The second kappa shape index (κ2) is 8.79. The first kappa shape index (κ1) is 20.9. The molecule has 3 nitrogen and oxygen atoms in total. The summed E-state index contributed by atoms with van der Waals surface area (Å²) in [6.07, 6.45) is -1.18. The van der Waals surface area contributed by atoms with Crippen LogP contribution < -0.4 is 5.32 Å². The van der Waals surface area contributed by atoms with Crippen molar-refractivity contribution in [1.29, 1.82) is 0 Å². The number of alkyl halides is 1. The van der Waals surface area contributed by atoms with Crippen LogP contribution in [-0.4, -0.2) is 26.7 Å². The molecule has 0 spiro atoms. The minimum atomic E-state index is -1.97. The van der Waals surface area contributed by atoms with Crippen molar-refractivity contribution in [2.24, 2.45) is 5.92 Å². The van der Waals surface area contributed by atoms with Crippen LogP contribution in [0.15, 0.2) is 30.9 Å². The number of anilines is 1. The molecule has 4 atom stereocenters. The molecule has 24 heavy (non-hydrogen) atoms. The van der Waals surface area contributed by atoms with E-state index in [0.717, 1.165) is 5.56 Å². The number of hydrogen-bond donors (Lipinski definition) is 2. The quantitative estimate of drug-likeness (QED) is 0.484. The fourth-order valence-electron chi connectivity index (χ4n) is 2.27. The lowest BCUT2D eigenvalue weighted by Crippen LogP contribution is -2.22. The van der Waals surface area contributed by atoms with Crippen molar-refractivity contribution in [3.8, 4) is 0 Å². The molecule has 4 unspecified atom stereocenters. The summed E-state index contributed by atoms with van der Waals surface area (Å²) in [4.78, 5) is 0. The average molecular weight is 374 g/mol. The Hall–Kier alpha value is -1.17. The first-order chi connectivity index (χ1) is 11.1. The third-order valence-corrected chi connectivity index (χ3v) is 5.61. The summed E-state index contributed by atoms with van der Waals surface area (Å²) in [5.41, 5.74) is 3.34. The normalized spacial score (nSPS) is 16.1. The van der Waals surface area contributed by atoms with Crippen LogP contribution in [0.5, 0.6) is 0 Å². The van der Waals surface area contributed by atoms with Gasteiger partial charge in [0.25, 0.3) is 0 Å². The van der Waals surface area contributed by atoms with Crippen LogP contribution in [0.3, 0.4) is 0 Å². The molecule has 0 heterocycles. The van der Waals surface area contributed by atoms with Crippen LogP contribution in [0.2, 0.25) is 5.02 Å². The number of nitrogens with one attached hydrogen (secondary N) is 1. The van der Waals surface area contributed by atoms with Gasteiger partial charge in [-0.25, -0.2) is 8.60 Å². The van der Waals surface area contributed by atoms with Gasteiger partial charge in [-0.1, -0.05) is 37.7 Å². The highest BCUT2D eigenvalue weighted by atomic mass is 35.5. The summed E-state index contributed by atoms with van der Waals surface area (Å²) < 4.78 is 34.6. The maximum absolute atomic E-state index is 13.9. The van der Waals surface area contributed by atoms with E-state index in [1.165, 1.54) is 0 Å². The minimum Gasteiger partial charge on any atom is -0.381 e. The fourth-order valence-corrected chi connectivity index (χ4v) is 3.07. The molecule has 1 rings (SSSR count). The van der Waals surface area contributed by atoms with Gasteiger partial charge >= 0.3 is 0 Å².